The third kappa shape index (κ3) is 4.05. The fourth-order valence-electron chi connectivity index (χ4n) is 1.82. The molecule has 2 rings (SSSR count). The summed E-state index contributed by atoms with van der Waals surface area (Å²) >= 11 is 1.68. The van der Waals surface area contributed by atoms with E-state index in [1.54, 1.807) is 11.3 Å². The highest BCUT2D eigenvalue weighted by molar-refractivity contribution is 7.09. The summed E-state index contributed by atoms with van der Waals surface area (Å²) in [6.07, 6.45) is 0. The Bertz CT molecular complexity index is 563. The topological polar surface area (TPSA) is 34.1 Å². The average Bonchev–Trinajstić information content (AvgIpc) is 2.86. The summed E-state index contributed by atoms with van der Waals surface area (Å²) in [7, 11) is 0. The Morgan fingerprint density at radius 2 is 2.10 bits per heavy atom. The number of hydrogen-bond donors (Lipinski definition) is 1. The van der Waals surface area contributed by atoms with Gasteiger partial charge in [0.05, 0.1) is 5.69 Å². The first kappa shape index (κ1) is 15.0. The van der Waals surface area contributed by atoms with E-state index >= 15 is 0 Å². The summed E-state index contributed by atoms with van der Waals surface area (Å²) < 4.78 is 5.87. The molecule has 0 aliphatic carbocycles. The van der Waals surface area contributed by atoms with Crippen LogP contribution in [-0.2, 0) is 13.2 Å². The van der Waals surface area contributed by atoms with E-state index in [9.17, 15) is 0 Å². The second-order valence-corrected chi connectivity index (χ2v) is 6.20. The van der Waals surface area contributed by atoms with Gasteiger partial charge in [-0.3, -0.25) is 0 Å². The van der Waals surface area contributed by atoms with Crippen molar-refractivity contribution in [1.29, 1.82) is 0 Å². The van der Waals surface area contributed by atoms with Gasteiger partial charge in [0.15, 0.2) is 0 Å². The van der Waals surface area contributed by atoms with Crippen LogP contribution in [0.1, 0.15) is 35.7 Å². The van der Waals surface area contributed by atoms with Gasteiger partial charge < -0.3 is 10.1 Å². The molecular formula is C16H22N2OS. The van der Waals surface area contributed by atoms with E-state index in [-0.39, 0.29) is 0 Å². The van der Waals surface area contributed by atoms with Crippen LogP contribution in [0.5, 0.6) is 5.75 Å². The molecule has 0 aliphatic rings. The molecule has 0 radical (unpaired) electrons. The second-order valence-electron chi connectivity index (χ2n) is 5.25. The average molecular weight is 290 g/mol. The Kier molecular flexibility index (Phi) is 5.15. The highest BCUT2D eigenvalue weighted by atomic mass is 32.1. The van der Waals surface area contributed by atoms with E-state index in [2.05, 4.69) is 49.4 Å². The van der Waals surface area contributed by atoms with Gasteiger partial charge in [-0.1, -0.05) is 26.0 Å². The smallest absolute Gasteiger partial charge is 0.131 e. The van der Waals surface area contributed by atoms with Gasteiger partial charge in [0, 0.05) is 18.0 Å². The molecule has 1 heterocycles. The van der Waals surface area contributed by atoms with Crippen LogP contribution in [0.25, 0.3) is 0 Å². The van der Waals surface area contributed by atoms with Crippen LogP contribution in [0, 0.1) is 13.8 Å². The Morgan fingerprint density at radius 1 is 1.30 bits per heavy atom. The number of aryl methyl sites for hydroxylation is 1. The Morgan fingerprint density at radius 3 is 2.85 bits per heavy atom. The van der Waals surface area contributed by atoms with Crippen LogP contribution in [-0.4, -0.2) is 11.0 Å². The van der Waals surface area contributed by atoms with E-state index in [0.717, 1.165) is 23.0 Å². The summed E-state index contributed by atoms with van der Waals surface area (Å²) in [6.45, 7) is 9.81. The third-order valence-electron chi connectivity index (χ3n) is 3.19. The zero-order chi connectivity index (χ0) is 14.5. The summed E-state index contributed by atoms with van der Waals surface area (Å²) in [6, 6.07) is 6.61. The molecule has 1 aromatic carbocycles. The quantitative estimate of drug-likeness (QED) is 0.877. The molecule has 0 saturated carbocycles. The lowest BCUT2D eigenvalue weighted by molar-refractivity contribution is 0.299. The minimum absolute atomic E-state index is 0.480. The summed E-state index contributed by atoms with van der Waals surface area (Å²) in [5, 5.41) is 6.55. The fourth-order valence-corrected chi connectivity index (χ4v) is 2.55. The molecule has 0 amide bonds. The maximum absolute atomic E-state index is 5.87. The molecule has 0 unspecified atom stereocenters. The predicted octanol–water partition coefficient (Wildman–Crippen LogP) is 3.84. The highest BCUT2D eigenvalue weighted by Gasteiger charge is 2.06. The molecule has 3 nitrogen and oxygen atoms in total. The van der Waals surface area contributed by atoms with E-state index in [1.165, 1.54) is 11.1 Å². The molecule has 4 heteroatoms. The molecule has 2 aromatic rings. The molecule has 108 valence electrons. The minimum Gasteiger partial charge on any atom is -0.487 e. The Hall–Kier alpha value is -1.39. The number of nitrogens with zero attached hydrogens (tertiary/aromatic N) is 1. The molecule has 0 fully saturated rings. The first-order valence-electron chi connectivity index (χ1n) is 6.92. The molecular weight excluding hydrogens is 268 g/mol. The van der Waals surface area contributed by atoms with Crippen molar-refractivity contribution in [1.82, 2.24) is 10.3 Å². The molecule has 0 saturated heterocycles. The molecule has 0 atom stereocenters. The van der Waals surface area contributed by atoms with Crippen molar-refractivity contribution in [3.05, 3.63) is 45.4 Å². The van der Waals surface area contributed by atoms with Crippen molar-refractivity contribution in [2.24, 2.45) is 0 Å². The van der Waals surface area contributed by atoms with E-state index < -0.39 is 0 Å². The second kappa shape index (κ2) is 6.86. The van der Waals surface area contributed by atoms with Gasteiger partial charge in [0.25, 0.3) is 0 Å². The van der Waals surface area contributed by atoms with E-state index in [1.807, 2.05) is 12.1 Å². The third-order valence-corrected chi connectivity index (χ3v) is 4.09. The number of ether oxygens (including phenoxy) is 1. The number of nitrogens with one attached hydrogen (secondary N) is 1. The summed E-state index contributed by atoms with van der Waals surface area (Å²) in [5.74, 6) is 0.944. The van der Waals surface area contributed by atoms with E-state index in [0.29, 0.717) is 12.6 Å². The largest absolute Gasteiger partial charge is 0.487 e. The van der Waals surface area contributed by atoms with Crippen molar-refractivity contribution in [2.75, 3.05) is 0 Å². The van der Waals surface area contributed by atoms with Crippen LogP contribution in [0.3, 0.4) is 0 Å². The lowest BCUT2D eigenvalue weighted by Crippen LogP contribution is -2.21. The lowest BCUT2D eigenvalue weighted by atomic mass is 10.1. The summed E-state index contributed by atoms with van der Waals surface area (Å²) in [4.78, 5) is 4.58. The first-order chi connectivity index (χ1) is 9.56. The van der Waals surface area contributed by atoms with Gasteiger partial charge in [-0.25, -0.2) is 4.98 Å². The zero-order valence-electron chi connectivity index (χ0n) is 12.6. The maximum Gasteiger partial charge on any atom is 0.131 e. The predicted molar refractivity (Wildman–Crippen MR) is 84.3 cm³/mol. The number of aromatic nitrogens is 1. The Balaban J connectivity index is 1.92. The van der Waals surface area contributed by atoms with Gasteiger partial charge >= 0.3 is 0 Å². The SMILES string of the molecule is Cc1cccc(OCc2csc(CNC(C)C)n2)c1C. The Labute approximate surface area is 125 Å². The highest BCUT2D eigenvalue weighted by Crippen LogP contribution is 2.22. The summed E-state index contributed by atoms with van der Waals surface area (Å²) in [5.41, 5.74) is 3.45. The van der Waals surface area contributed by atoms with Crippen LogP contribution < -0.4 is 10.1 Å². The van der Waals surface area contributed by atoms with Crippen LogP contribution in [0.4, 0.5) is 0 Å². The molecule has 1 N–H and O–H groups in total. The van der Waals surface area contributed by atoms with Gasteiger partial charge in [0.2, 0.25) is 0 Å². The van der Waals surface area contributed by atoms with Crippen molar-refractivity contribution < 1.29 is 4.74 Å². The maximum atomic E-state index is 5.87. The number of rotatable bonds is 6. The van der Waals surface area contributed by atoms with Crippen molar-refractivity contribution >= 4 is 11.3 Å². The number of hydrogen-bond acceptors (Lipinski definition) is 4. The lowest BCUT2D eigenvalue weighted by Gasteiger charge is -2.09. The van der Waals surface area contributed by atoms with Crippen LogP contribution in [0.2, 0.25) is 0 Å². The monoisotopic (exact) mass is 290 g/mol. The molecule has 0 bridgehead atoms. The van der Waals surface area contributed by atoms with Gasteiger partial charge in [-0.15, -0.1) is 11.3 Å². The van der Waals surface area contributed by atoms with Gasteiger partial charge in [0.1, 0.15) is 17.4 Å². The fraction of sp³-hybridized carbons (Fsp3) is 0.438. The van der Waals surface area contributed by atoms with E-state index in [4.69, 9.17) is 4.74 Å². The normalized spacial score (nSPS) is 11.1. The first-order valence-corrected chi connectivity index (χ1v) is 7.80. The van der Waals surface area contributed by atoms with Gasteiger partial charge in [-0.2, -0.15) is 0 Å². The van der Waals surface area contributed by atoms with Crippen LogP contribution >= 0.6 is 11.3 Å². The van der Waals surface area contributed by atoms with Gasteiger partial charge in [-0.05, 0) is 31.0 Å². The standard InChI is InChI=1S/C16H22N2OS/c1-11(2)17-8-16-18-14(10-20-16)9-19-15-7-5-6-12(3)13(15)4/h5-7,10-11,17H,8-9H2,1-4H3. The molecule has 0 spiro atoms. The van der Waals surface area contributed by atoms with Crippen molar-refractivity contribution in [2.45, 2.75) is 46.9 Å². The molecule has 1 aromatic heterocycles. The molecule has 0 aliphatic heterocycles. The van der Waals surface area contributed by atoms with Crippen LogP contribution in [0.15, 0.2) is 23.6 Å². The van der Waals surface area contributed by atoms with Crippen molar-refractivity contribution in [3.8, 4) is 5.75 Å². The minimum atomic E-state index is 0.480. The number of benzene rings is 1. The number of thiazole rings is 1. The zero-order valence-corrected chi connectivity index (χ0v) is 13.4. The van der Waals surface area contributed by atoms with Crippen molar-refractivity contribution in [3.63, 3.8) is 0 Å². The molecule has 20 heavy (non-hydrogen) atoms.